The molecule has 1 heterocycles. The van der Waals surface area contributed by atoms with Crippen LogP contribution < -0.4 is 5.73 Å². The fourth-order valence-corrected chi connectivity index (χ4v) is 3.47. The van der Waals surface area contributed by atoms with Gasteiger partial charge in [0.2, 0.25) is 0 Å². The molecule has 2 N–H and O–H groups in total. The molecule has 1 saturated carbocycles. The van der Waals surface area contributed by atoms with E-state index in [9.17, 15) is 0 Å². The lowest BCUT2D eigenvalue weighted by Gasteiger charge is -2.60. The first-order chi connectivity index (χ1) is 8.49. The van der Waals surface area contributed by atoms with Crippen LogP contribution in [0.25, 0.3) is 0 Å². The standard InChI is InChI=1S/C15H30N2O/c1-4-18-13-11-15(16,14(13,2)3)12-17-9-7-5-6-8-10-17/h13H,4-12,16H2,1-3H3. The molecule has 0 amide bonds. The molecular formula is C15H30N2O. The van der Waals surface area contributed by atoms with Crippen LogP contribution in [0, 0.1) is 5.41 Å². The van der Waals surface area contributed by atoms with Gasteiger partial charge in [0.1, 0.15) is 0 Å². The summed E-state index contributed by atoms with van der Waals surface area (Å²) in [4.78, 5) is 2.58. The number of likely N-dealkylation sites (tertiary alicyclic amines) is 1. The lowest BCUT2D eigenvalue weighted by atomic mass is 9.54. The van der Waals surface area contributed by atoms with E-state index >= 15 is 0 Å². The third-order valence-electron chi connectivity index (χ3n) is 5.21. The molecule has 1 saturated heterocycles. The minimum atomic E-state index is -0.0584. The van der Waals surface area contributed by atoms with Crippen molar-refractivity contribution in [2.45, 2.75) is 64.5 Å². The molecule has 0 aromatic rings. The zero-order valence-corrected chi connectivity index (χ0v) is 12.4. The molecule has 106 valence electrons. The topological polar surface area (TPSA) is 38.5 Å². The molecule has 2 rings (SSSR count). The van der Waals surface area contributed by atoms with E-state index in [1.807, 2.05) is 0 Å². The van der Waals surface area contributed by atoms with Crippen molar-refractivity contribution in [3.63, 3.8) is 0 Å². The van der Waals surface area contributed by atoms with Gasteiger partial charge in [0, 0.05) is 24.1 Å². The fraction of sp³-hybridized carbons (Fsp3) is 1.00. The van der Waals surface area contributed by atoms with Crippen LogP contribution in [0.4, 0.5) is 0 Å². The molecule has 2 fully saturated rings. The highest BCUT2D eigenvalue weighted by atomic mass is 16.5. The van der Waals surface area contributed by atoms with Crippen LogP contribution in [0.3, 0.4) is 0 Å². The normalized spacial score (nSPS) is 37.0. The maximum atomic E-state index is 6.66. The molecule has 0 bridgehead atoms. The van der Waals surface area contributed by atoms with Crippen molar-refractivity contribution in [3.8, 4) is 0 Å². The van der Waals surface area contributed by atoms with Gasteiger partial charge in [-0.15, -0.1) is 0 Å². The van der Waals surface area contributed by atoms with Gasteiger partial charge in [0.25, 0.3) is 0 Å². The molecule has 0 aromatic heterocycles. The van der Waals surface area contributed by atoms with Gasteiger partial charge in [0.05, 0.1) is 6.10 Å². The van der Waals surface area contributed by atoms with Gasteiger partial charge < -0.3 is 15.4 Å². The van der Waals surface area contributed by atoms with E-state index in [0.717, 1.165) is 19.6 Å². The lowest BCUT2D eigenvalue weighted by molar-refractivity contribution is -0.156. The van der Waals surface area contributed by atoms with Crippen LogP contribution in [0.5, 0.6) is 0 Å². The first kappa shape index (κ1) is 14.3. The van der Waals surface area contributed by atoms with E-state index in [0.29, 0.717) is 6.10 Å². The Labute approximate surface area is 112 Å². The highest BCUT2D eigenvalue weighted by Crippen LogP contribution is 2.50. The third kappa shape index (κ3) is 2.59. The van der Waals surface area contributed by atoms with Crippen molar-refractivity contribution in [1.82, 2.24) is 4.90 Å². The Bertz CT molecular complexity index is 272. The molecule has 2 atom stereocenters. The van der Waals surface area contributed by atoms with E-state index in [1.165, 1.54) is 38.8 Å². The number of ether oxygens (including phenoxy) is 1. The Morgan fingerprint density at radius 1 is 1.17 bits per heavy atom. The molecule has 2 aliphatic rings. The summed E-state index contributed by atoms with van der Waals surface area (Å²) in [6.45, 7) is 10.9. The van der Waals surface area contributed by atoms with Crippen LogP contribution >= 0.6 is 0 Å². The number of nitrogens with zero attached hydrogens (tertiary/aromatic N) is 1. The molecule has 18 heavy (non-hydrogen) atoms. The second-order valence-corrected chi connectivity index (χ2v) is 6.72. The molecule has 3 heteroatoms. The van der Waals surface area contributed by atoms with Crippen LogP contribution in [-0.4, -0.2) is 42.8 Å². The van der Waals surface area contributed by atoms with Crippen LogP contribution in [0.2, 0.25) is 0 Å². The average Bonchev–Trinajstić information content (AvgIpc) is 2.57. The van der Waals surface area contributed by atoms with E-state index in [2.05, 4.69) is 25.7 Å². The first-order valence-corrected chi connectivity index (χ1v) is 7.62. The molecular weight excluding hydrogens is 224 g/mol. The van der Waals surface area contributed by atoms with Gasteiger partial charge in [-0.05, 0) is 39.3 Å². The molecule has 1 aliphatic carbocycles. The summed E-state index contributed by atoms with van der Waals surface area (Å²) in [6.07, 6.45) is 6.82. The van der Waals surface area contributed by atoms with Gasteiger partial charge in [-0.1, -0.05) is 26.7 Å². The van der Waals surface area contributed by atoms with Gasteiger partial charge in [-0.2, -0.15) is 0 Å². The van der Waals surface area contributed by atoms with Crippen LogP contribution in [0.15, 0.2) is 0 Å². The summed E-state index contributed by atoms with van der Waals surface area (Å²) >= 11 is 0. The molecule has 0 radical (unpaired) electrons. The maximum absolute atomic E-state index is 6.66. The first-order valence-electron chi connectivity index (χ1n) is 7.62. The third-order valence-corrected chi connectivity index (χ3v) is 5.21. The smallest absolute Gasteiger partial charge is 0.0662 e. The van der Waals surface area contributed by atoms with Crippen molar-refractivity contribution in [1.29, 1.82) is 0 Å². The van der Waals surface area contributed by atoms with E-state index in [4.69, 9.17) is 10.5 Å². The summed E-state index contributed by atoms with van der Waals surface area (Å²) in [6, 6.07) is 0. The largest absolute Gasteiger partial charge is 0.378 e. The second-order valence-electron chi connectivity index (χ2n) is 6.72. The number of rotatable bonds is 4. The molecule has 0 aromatic carbocycles. The van der Waals surface area contributed by atoms with Crippen molar-refractivity contribution in [2.75, 3.05) is 26.2 Å². The molecule has 2 unspecified atom stereocenters. The average molecular weight is 254 g/mol. The monoisotopic (exact) mass is 254 g/mol. The second kappa shape index (κ2) is 5.48. The van der Waals surface area contributed by atoms with Crippen molar-refractivity contribution in [3.05, 3.63) is 0 Å². The van der Waals surface area contributed by atoms with Crippen LogP contribution in [-0.2, 0) is 4.74 Å². The summed E-state index contributed by atoms with van der Waals surface area (Å²) in [5, 5.41) is 0. The van der Waals surface area contributed by atoms with Gasteiger partial charge in [0.15, 0.2) is 0 Å². The van der Waals surface area contributed by atoms with Gasteiger partial charge >= 0.3 is 0 Å². The van der Waals surface area contributed by atoms with Crippen molar-refractivity contribution >= 4 is 0 Å². The minimum absolute atomic E-state index is 0.0584. The van der Waals surface area contributed by atoms with Gasteiger partial charge in [-0.3, -0.25) is 0 Å². The summed E-state index contributed by atoms with van der Waals surface area (Å²) in [7, 11) is 0. The Kier molecular flexibility index (Phi) is 4.35. The Hall–Kier alpha value is -0.120. The SMILES string of the molecule is CCOC1CC(N)(CN2CCCCCC2)C1(C)C. The van der Waals surface area contributed by atoms with E-state index in [-0.39, 0.29) is 11.0 Å². The van der Waals surface area contributed by atoms with Crippen molar-refractivity contribution in [2.24, 2.45) is 11.1 Å². The fourth-order valence-electron chi connectivity index (χ4n) is 3.47. The zero-order valence-electron chi connectivity index (χ0n) is 12.4. The maximum Gasteiger partial charge on any atom is 0.0662 e. The Balaban J connectivity index is 1.92. The highest BCUT2D eigenvalue weighted by Gasteiger charge is 2.58. The molecule has 1 aliphatic heterocycles. The van der Waals surface area contributed by atoms with Crippen LogP contribution in [0.1, 0.15) is 52.9 Å². The van der Waals surface area contributed by atoms with Gasteiger partial charge in [-0.25, -0.2) is 0 Å². The van der Waals surface area contributed by atoms with E-state index < -0.39 is 0 Å². The Morgan fingerprint density at radius 2 is 1.78 bits per heavy atom. The highest BCUT2D eigenvalue weighted by molar-refractivity contribution is 5.14. The van der Waals surface area contributed by atoms with E-state index in [1.54, 1.807) is 0 Å². The zero-order chi connectivity index (χ0) is 13.2. The number of hydrogen-bond acceptors (Lipinski definition) is 3. The Morgan fingerprint density at radius 3 is 2.28 bits per heavy atom. The molecule has 0 spiro atoms. The lowest BCUT2D eigenvalue weighted by Crippen LogP contribution is -2.73. The van der Waals surface area contributed by atoms with Crippen molar-refractivity contribution < 1.29 is 4.74 Å². The predicted molar refractivity (Wildman–Crippen MR) is 75.6 cm³/mol. The number of hydrogen-bond donors (Lipinski definition) is 1. The molecule has 3 nitrogen and oxygen atoms in total. The minimum Gasteiger partial charge on any atom is -0.378 e. The predicted octanol–water partition coefficient (Wildman–Crippen LogP) is 2.39. The summed E-state index contributed by atoms with van der Waals surface area (Å²) in [5.74, 6) is 0. The number of nitrogens with two attached hydrogens (primary N) is 1. The summed E-state index contributed by atoms with van der Waals surface area (Å²) < 4.78 is 5.80. The summed E-state index contributed by atoms with van der Waals surface area (Å²) in [5.41, 5.74) is 6.71. The quantitative estimate of drug-likeness (QED) is 0.837.